The van der Waals surface area contributed by atoms with Crippen molar-refractivity contribution in [2.24, 2.45) is 0 Å². The predicted octanol–water partition coefficient (Wildman–Crippen LogP) is 16.7. The molecule has 12 heteroatoms. The molecule has 0 atom stereocenters. The Labute approximate surface area is 399 Å². The molecule has 344 valence electrons. The predicted molar refractivity (Wildman–Crippen MR) is 263 cm³/mol. The summed E-state index contributed by atoms with van der Waals surface area (Å²) in [6.07, 6.45) is -1.81. The summed E-state index contributed by atoms with van der Waals surface area (Å²) in [5.74, 6) is -11.3. The number of hydrogen-bond acceptors (Lipinski definition) is 2. The van der Waals surface area contributed by atoms with Gasteiger partial charge in [-0.25, -0.2) is 22.0 Å². The second-order valence-electron chi connectivity index (χ2n) is 17.0. The van der Waals surface area contributed by atoms with Gasteiger partial charge < -0.3 is 9.13 Å². The summed E-state index contributed by atoms with van der Waals surface area (Å²) in [5.41, 5.74) is 2.67. The third-order valence-electron chi connectivity index (χ3n) is 13.1. The number of benzene rings is 8. The van der Waals surface area contributed by atoms with Gasteiger partial charge in [0.1, 0.15) is 0 Å². The van der Waals surface area contributed by atoms with Crippen molar-refractivity contribution in [3.05, 3.63) is 229 Å². The van der Waals surface area contributed by atoms with Crippen LogP contribution in [0.5, 0.6) is 0 Å². The summed E-state index contributed by atoms with van der Waals surface area (Å²) in [7, 11) is 0. The van der Waals surface area contributed by atoms with Crippen LogP contribution in [0.4, 0.5) is 35.1 Å². The fraction of sp³-hybridized carbons (Fsp3) is 0.0169. The Morgan fingerprint density at radius 3 is 1.24 bits per heavy atom. The highest BCUT2D eigenvalue weighted by Crippen LogP contribution is 2.47. The van der Waals surface area contributed by atoms with Crippen LogP contribution in [0.3, 0.4) is 0 Å². The van der Waals surface area contributed by atoms with Gasteiger partial charge >= 0.3 is 6.18 Å². The van der Waals surface area contributed by atoms with Crippen LogP contribution in [-0.2, 0) is 6.18 Å². The molecular formula is C59H32F8N4. The summed E-state index contributed by atoms with van der Waals surface area (Å²) in [6.45, 7) is 0. The minimum atomic E-state index is -5.14. The van der Waals surface area contributed by atoms with Gasteiger partial charge in [-0.3, -0.25) is 9.97 Å². The molecule has 4 heterocycles. The van der Waals surface area contributed by atoms with Crippen LogP contribution in [0.15, 0.2) is 194 Å². The Balaban J connectivity index is 1.15. The van der Waals surface area contributed by atoms with Crippen LogP contribution >= 0.6 is 0 Å². The van der Waals surface area contributed by atoms with Crippen molar-refractivity contribution < 1.29 is 35.1 Å². The molecule has 0 spiro atoms. The van der Waals surface area contributed by atoms with E-state index in [2.05, 4.69) is 9.97 Å². The first-order valence-electron chi connectivity index (χ1n) is 22.3. The first kappa shape index (κ1) is 43.4. The largest absolute Gasteiger partial charge is 0.418 e. The van der Waals surface area contributed by atoms with Gasteiger partial charge in [-0.15, -0.1) is 0 Å². The van der Waals surface area contributed by atoms with Gasteiger partial charge in [0.25, 0.3) is 0 Å². The van der Waals surface area contributed by atoms with Gasteiger partial charge in [-0.05, 0) is 71.8 Å². The lowest BCUT2D eigenvalue weighted by Crippen LogP contribution is -2.14. The second kappa shape index (κ2) is 16.7. The summed E-state index contributed by atoms with van der Waals surface area (Å²) < 4.78 is 130. The molecule has 0 aliphatic rings. The molecule has 12 aromatic rings. The molecule has 0 unspecified atom stereocenters. The van der Waals surface area contributed by atoms with Crippen LogP contribution in [-0.4, -0.2) is 19.1 Å². The van der Waals surface area contributed by atoms with E-state index in [1.165, 1.54) is 9.13 Å². The third kappa shape index (κ3) is 6.96. The van der Waals surface area contributed by atoms with Gasteiger partial charge in [0.2, 0.25) is 5.82 Å². The molecule has 0 amide bonds. The summed E-state index contributed by atoms with van der Waals surface area (Å²) in [4.78, 5) is 9.32. The molecule has 4 aromatic heterocycles. The van der Waals surface area contributed by atoms with E-state index in [1.807, 2.05) is 84.9 Å². The molecule has 0 radical (unpaired) electrons. The zero-order valence-corrected chi connectivity index (χ0v) is 36.8. The third-order valence-corrected chi connectivity index (χ3v) is 13.1. The van der Waals surface area contributed by atoms with Crippen LogP contribution in [0.1, 0.15) is 5.56 Å². The van der Waals surface area contributed by atoms with E-state index >= 15 is 30.7 Å². The first-order valence-corrected chi connectivity index (χ1v) is 22.3. The molecule has 71 heavy (non-hydrogen) atoms. The Morgan fingerprint density at radius 2 is 0.761 bits per heavy atom. The topological polar surface area (TPSA) is 35.6 Å². The van der Waals surface area contributed by atoms with Crippen molar-refractivity contribution in [3.63, 3.8) is 0 Å². The average molecular weight is 949 g/mol. The van der Waals surface area contributed by atoms with Gasteiger partial charge in [-0.1, -0.05) is 121 Å². The van der Waals surface area contributed by atoms with Gasteiger partial charge in [0.15, 0.2) is 23.3 Å². The molecule has 0 aliphatic heterocycles. The molecular weight excluding hydrogens is 917 g/mol. The molecule has 4 nitrogen and oxygen atoms in total. The molecule has 0 fully saturated rings. The minimum absolute atomic E-state index is 0.274. The standard InChI is InChI=1S/C59H32F8N4/c60-52-51(53(61)55(63)56(64)54(52)62)43-31-50(71-46-22-10-8-18-40(46)42-30-36(24-26-48(42)71)38-20-12-28-69-58(38)34-15-5-2-6-16-34)44(59(65,66)67)32-49(43)70-45-21-9-7-17-39(45)41-29-35(23-25-47(41)70)37-19-11-27-68-57(37)33-13-3-1-4-14-33/h1-32H. The van der Waals surface area contributed by atoms with Crippen molar-refractivity contribution in [1.82, 2.24) is 19.1 Å². The van der Waals surface area contributed by atoms with Crippen LogP contribution < -0.4 is 0 Å². The van der Waals surface area contributed by atoms with Crippen molar-refractivity contribution >= 4 is 43.6 Å². The average Bonchev–Trinajstić information content (AvgIpc) is 3.92. The van der Waals surface area contributed by atoms with Crippen LogP contribution in [0, 0.1) is 29.1 Å². The maximum atomic E-state index is 16.5. The maximum absolute atomic E-state index is 16.5. The number of para-hydroxylation sites is 2. The number of alkyl halides is 3. The van der Waals surface area contributed by atoms with Crippen molar-refractivity contribution in [1.29, 1.82) is 0 Å². The van der Waals surface area contributed by atoms with E-state index in [0.717, 1.165) is 34.4 Å². The van der Waals surface area contributed by atoms with Crippen molar-refractivity contribution in [2.75, 3.05) is 0 Å². The second-order valence-corrected chi connectivity index (χ2v) is 17.0. The Hall–Kier alpha value is -8.90. The first-order chi connectivity index (χ1) is 34.5. The zero-order valence-electron chi connectivity index (χ0n) is 36.8. The van der Waals surface area contributed by atoms with E-state index < -0.39 is 63.3 Å². The fourth-order valence-electron chi connectivity index (χ4n) is 9.94. The van der Waals surface area contributed by atoms with E-state index in [0.29, 0.717) is 55.1 Å². The lowest BCUT2D eigenvalue weighted by atomic mass is 9.96. The monoisotopic (exact) mass is 948 g/mol. The Bertz CT molecular complexity index is 4080. The van der Waals surface area contributed by atoms with Crippen molar-refractivity contribution in [2.45, 2.75) is 6.18 Å². The fourth-order valence-corrected chi connectivity index (χ4v) is 9.94. The summed E-state index contributed by atoms with van der Waals surface area (Å²) >= 11 is 0. The quantitative estimate of drug-likeness (QED) is 0.0907. The SMILES string of the molecule is Fc1c(F)c(F)c(-c2cc(-n3c4ccccc4c4cc(-c5cccnc5-c5ccccc5)ccc43)c(C(F)(F)F)cc2-n2c3ccccc3c3cc(-c4cccnc4-c4ccccc4)ccc32)c(F)c1F. The molecule has 12 rings (SSSR count). The molecule has 0 N–H and O–H groups in total. The van der Waals surface area contributed by atoms with E-state index in [-0.39, 0.29) is 11.0 Å². The van der Waals surface area contributed by atoms with Gasteiger partial charge in [0, 0.05) is 61.8 Å². The Morgan fingerprint density at radius 1 is 0.338 bits per heavy atom. The van der Waals surface area contributed by atoms with Gasteiger partial charge in [-0.2, -0.15) is 13.2 Å². The highest BCUT2D eigenvalue weighted by molar-refractivity contribution is 6.13. The highest BCUT2D eigenvalue weighted by atomic mass is 19.4. The number of rotatable bonds is 7. The van der Waals surface area contributed by atoms with Gasteiger partial charge in [0.05, 0.1) is 56.0 Å². The smallest absolute Gasteiger partial charge is 0.309 e. The van der Waals surface area contributed by atoms with Crippen LogP contribution in [0.2, 0.25) is 0 Å². The van der Waals surface area contributed by atoms with E-state index in [1.54, 1.807) is 97.3 Å². The lowest BCUT2D eigenvalue weighted by Gasteiger charge is -2.22. The summed E-state index contributed by atoms with van der Waals surface area (Å²) in [5, 5.41) is 2.13. The van der Waals surface area contributed by atoms with Crippen LogP contribution in [0.25, 0.3) is 111 Å². The maximum Gasteiger partial charge on any atom is 0.418 e. The lowest BCUT2D eigenvalue weighted by molar-refractivity contribution is -0.137. The zero-order chi connectivity index (χ0) is 48.7. The van der Waals surface area contributed by atoms with E-state index in [4.69, 9.17) is 0 Å². The normalized spacial score (nSPS) is 11.9. The molecule has 0 saturated heterocycles. The number of hydrogen-bond donors (Lipinski definition) is 0. The number of aromatic nitrogens is 4. The summed E-state index contributed by atoms with van der Waals surface area (Å²) in [6, 6.07) is 51.9. The van der Waals surface area contributed by atoms with Crippen molar-refractivity contribution in [3.8, 4) is 67.3 Å². The molecule has 0 saturated carbocycles. The molecule has 0 bridgehead atoms. The number of nitrogens with zero attached hydrogens (tertiary/aromatic N) is 4. The number of pyridine rings is 2. The Kier molecular flexibility index (Phi) is 10.2. The van der Waals surface area contributed by atoms with E-state index in [9.17, 15) is 4.39 Å². The number of halogens is 8. The number of fused-ring (bicyclic) bond motifs is 6. The minimum Gasteiger partial charge on any atom is -0.309 e. The molecule has 8 aromatic carbocycles. The molecule has 0 aliphatic carbocycles. The highest BCUT2D eigenvalue weighted by Gasteiger charge is 2.38.